The fourth-order valence-electron chi connectivity index (χ4n) is 3.71. The van der Waals surface area contributed by atoms with Crippen LogP contribution in [0.2, 0.25) is 0 Å². The lowest BCUT2D eigenvalue weighted by atomic mass is 9.89. The molecule has 2 aliphatic rings. The molecule has 1 aromatic heterocycles. The minimum absolute atomic E-state index is 0.165. The molecule has 0 amide bonds. The summed E-state index contributed by atoms with van der Waals surface area (Å²) in [6, 6.07) is 2.74. The van der Waals surface area contributed by atoms with E-state index in [1.54, 1.807) is 0 Å². The van der Waals surface area contributed by atoms with Gasteiger partial charge in [0, 0.05) is 31.4 Å². The summed E-state index contributed by atoms with van der Waals surface area (Å²) in [5.74, 6) is -0.791. The van der Waals surface area contributed by atoms with Crippen LogP contribution >= 0.6 is 0 Å². The second kappa shape index (κ2) is 4.96. The Bertz CT molecular complexity index is 471. The molecule has 0 aliphatic carbocycles. The quantitative estimate of drug-likeness (QED) is 0.879. The number of carboxylic acid groups (broad SMARTS) is 1. The average molecular weight is 263 g/mol. The molecule has 2 fully saturated rings. The minimum atomic E-state index is -0.626. The number of carbonyl (C=O) groups is 1. The maximum atomic E-state index is 11.3. The van der Waals surface area contributed by atoms with Gasteiger partial charge in [-0.3, -0.25) is 14.4 Å². The van der Waals surface area contributed by atoms with Crippen LogP contribution in [0, 0.1) is 5.92 Å². The van der Waals surface area contributed by atoms with E-state index in [4.69, 9.17) is 0 Å². The minimum Gasteiger partial charge on any atom is -0.481 e. The van der Waals surface area contributed by atoms with E-state index in [1.807, 2.05) is 10.9 Å². The Kier molecular flexibility index (Phi) is 3.31. The largest absolute Gasteiger partial charge is 0.481 e. The molecule has 3 unspecified atom stereocenters. The maximum Gasteiger partial charge on any atom is 0.308 e. The molecule has 0 aromatic carbocycles. The number of rotatable bonds is 5. The van der Waals surface area contributed by atoms with Crippen LogP contribution in [-0.4, -0.2) is 37.8 Å². The van der Waals surface area contributed by atoms with Crippen LogP contribution in [0.15, 0.2) is 12.3 Å². The maximum absolute atomic E-state index is 11.3. The predicted octanol–water partition coefficient (Wildman–Crippen LogP) is 1.73. The first-order valence-corrected chi connectivity index (χ1v) is 7.20. The Hall–Kier alpha value is -1.36. The van der Waals surface area contributed by atoms with Crippen molar-refractivity contribution in [1.29, 1.82) is 0 Å². The first-order valence-electron chi connectivity index (χ1n) is 7.20. The molecule has 0 radical (unpaired) electrons. The molecular weight excluding hydrogens is 242 g/mol. The van der Waals surface area contributed by atoms with Crippen LogP contribution in [0.1, 0.15) is 38.3 Å². The molecule has 2 saturated heterocycles. The molecule has 0 saturated carbocycles. The second-order valence-electron chi connectivity index (χ2n) is 5.70. The van der Waals surface area contributed by atoms with E-state index in [0.29, 0.717) is 6.04 Å². The zero-order valence-electron chi connectivity index (χ0n) is 11.3. The number of aromatic nitrogens is 2. The van der Waals surface area contributed by atoms with Gasteiger partial charge in [0.2, 0.25) is 0 Å². The smallest absolute Gasteiger partial charge is 0.308 e. The molecule has 2 aliphatic heterocycles. The number of hydrogen-bond donors (Lipinski definition) is 1. The first kappa shape index (κ1) is 12.7. The van der Waals surface area contributed by atoms with Crippen LogP contribution in [-0.2, 0) is 17.9 Å². The average Bonchev–Trinajstić information content (AvgIpc) is 3.07. The zero-order chi connectivity index (χ0) is 13.4. The molecule has 1 N–H and O–H groups in total. The van der Waals surface area contributed by atoms with Crippen molar-refractivity contribution in [2.45, 2.75) is 57.8 Å². The SMILES string of the molecule is CCCn1nccc1CN1C2CCC1C(C(=O)O)C2. The van der Waals surface area contributed by atoms with Crippen molar-refractivity contribution in [3.05, 3.63) is 18.0 Å². The topological polar surface area (TPSA) is 58.4 Å². The third-order valence-electron chi connectivity index (χ3n) is 4.58. The van der Waals surface area contributed by atoms with Gasteiger partial charge in [0.05, 0.1) is 11.6 Å². The van der Waals surface area contributed by atoms with Gasteiger partial charge in [-0.25, -0.2) is 0 Å². The van der Waals surface area contributed by atoms with Gasteiger partial charge < -0.3 is 5.11 Å². The summed E-state index contributed by atoms with van der Waals surface area (Å²) in [5, 5.41) is 13.6. The van der Waals surface area contributed by atoms with Crippen molar-refractivity contribution in [2.75, 3.05) is 0 Å². The molecule has 3 heterocycles. The van der Waals surface area contributed by atoms with E-state index in [9.17, 15) is 9.90 Å². The highest BCUT2D eigenvalue weighted by atomic mass is 16.4. The monoisotopic (exact) mass is 263 g/mol. The standard InChI is InChI=1S/C14H21N3O2/c1-2-7-17-11(5-6-15-17)9-16-10-3-4-13(16)12(8-10)14(18)19/h5-6,10,12-13H,2-4,7-9H2,1H3,(H,18,19). The Balaban J connectivity index is 1.74. The summed E-state index contributed by atoms with van der Waals surface area (Å²) in [7, 11) is 0. The predicted molar refractivity (Wildman–Crippen MR) is 70.6 cm³/mol. The van der Waals surface area contributed by atoms with Crippen LogP contribution < -0.4 is 0 Å². The summed E-state index contributed by atoms with van der Waals surface area (Å²) in [6.07, 6.45) is 5.92. The first-order chi connectivity index (χ1) is 9.20. The molecule has 3 atom stereocenters. The van der Waals surface area contributed by atoms with Crippen molar-refractivity contribution >= 4 is 5.97 Å². The molecular formula is C14H21N3O2. The summed E-state index contributed by atoms with van der Waals surface area (Å²) in [5.41, 5.74) is 1.21. The lowest BCUT2D eigenvalue weighted by molar-refractivity contribution is -0.142. The van der Waals surface area contributed by atoms with Crippen LogP contribution in [0.3, 0.4) is 0 Å². The van der Waals surface area contributed by atoms with E-state index in [2.05, 4.69) is 23.0 Å². The number of hydrogen-bond acceptors (Lipinski definition) is 3. The van der Waals surface area contributed by atoms with Gasteiger partial charge in [0.1, 0.15) is 0 Å². The van der Waals surface area contributed by atoms with E-state index in [-0.39, 0.29) is 12.0 Å². The molecule has 5 nitrogen and oxygen atoms in total. The Labute approximate surface area is 113 Å². The molecule has 3 rings (SSSR count). The summed E-state index contributed by atoms with van der Waals surface area (Å²) in [4.78, 5) is 13.7. The van der Waals surface area contributed by atoms with Crippen LogP contribution in [0.25, 0.3) is 0 Å². The van der Waals surface area contributed by atoms with E-state index in [1.165, 1.54) is 5.69 Å². The van der Waals surface area contributed by atoms with Crippen molar-refractivity contribution in [3.8, 4) is 0 Å². The molecule has 5 heteroatoms. The van der Waals surface area contributed by atoms with Gasteiger partial charge >= 0.3 is 5.97 Å². The molecule has 2 bridgehead atoms. The fourth-order valence-corrected chi connectivity index (χ4v) is 3.71. The van der Waals surface area contributed by atoms with Gasteiger partial charge in [0.25, 0.3) is 0 Å². The molecule has 0 spiro atoms. The highest BCUT2D eigenvalue weighted by Gasteiger charge is 2.49. The molecule has 104 valence electrons. The van der Waals surface area contributed by atoms with Gasteiger partial charge in [0.15, 0.2) is 0 Å². The third-order valence-corrected chi connectivity index (χ3v) is 4.58. The van der Waals surface area contributed by atoms with E-state index in [0.717, 1.165) is 38.8 Å². The van der Waals surface area contributed by atoms with Crippen LogP contribution in [0.4, 0.5) is 0 Å². The summed E-state index contributed by atoms with van der Waals surface area (Å²) >= 11 is 0. The number of carboxylic acids is 1. The van der Waals surface area contributed by atoms with Crippen molar-refractivity contribution in [3.63, 3.8) is 0 Å². The molecule has 19 heavy (non-hydrogen) atoms. The van der Waals surface area contributed by atoms with Gasteiger partial charge in [-0.2, -0.15) is 5.10 Å². The number of fused-ring (bicyclic) bond motifs is 2. The fraction of sp³-hybridized carbons (Fsp3) is 0.714. The third kappa shape index (κ3) is 2.16. The summed E-state index contributed by atoms with van der Waals surface area (Å²) < 4.78 is 2.05. The Morgan fingerprint density at radius 1 is 1.53 bits per heavy atom. The lowest BCUT2D eigenvalue weighted by Gasteiger charge is -2.23. The highest BCUT2D eigenvalue weighted by Crippen LogP contribution is 2.42. The Morgan fingerprint density at radius 3 is 3.05 bits per heavy atom. The van der Waals surface area contributed by atoms with Gasteiger partial charge in [-0.1, -0.05) is 6.92 Å². The summed E-state index contributed by atoms with van der Waals surface area (Å²) in [6.45, 7) is 3.93. The second-order valence-corrected chi connectivity index (χ2v) is 5.70. The van der Waals surface area contributed by atoms with Crippen molar-refractivity contribution in [2.24, 2.45) is 5.92 Å². The van der Waals surface area contributed by atoms with Gasteiger partial charge in [-0.05, 0) is 31.7 Å². The zero-order valence-corrected chi connectivity index (χ0v) is 11.3. The van der Waals surface area contributed by atoms with Gasteiger partial charge in [-0.15, -0.1) is 0 Å². The normalized spacial score (nSPS) is 30.1. The number of aliphatic carboxylic acids is 1. The van der Waals surface area contributed by atoms with Crippen molar-refractivity contribution < 1.29 is 9.90 Å². The number of nitrogens with zero attached hydrogens (tertiary/aromatic N) is 3. The highest BCUT2D eigenvalue weighted by molar-refractivity contribution is 5.71. The van der Waals surface area contributed by atoms with Crippen molar-refractivity contribution in [1.82, 2.24) is 14.7 Å². The van der Waals surface area contributed by atoms with E-state index < -0.39 is 5.97 Å². The Morgan fingerprint density at radius 2 is 2.37 bits per heavy atom. The number of aryl methyl sites for hydroxylation is 1. The molecule has 1 aromatic rings. The van der Waals surface area contributed by atoms with E-state index >= 15 is 0 Å². The van der Waals surface area contributed by atoms with Crippen LogP contribution in [0.5, 0.6) is 0 Å². The lowest BCUT2D eigenvalue weighted by Crippen LogP contribution is -2.33.